The Morgan fingerprint density at radius 3 is 1.07 bits per heavy atom. The van der Waals surface area contributed by atoms with Crippen LogP contribution in [0.4, 0.5) is 79.5 Å². The SMILES string of the molecule is C=C(C)C(=O)O.C=C(C)C(=O)O.O=C(OC(F)(F)C(F)(F)F)N(F)C(F)(F)C(F)(F)C(F)(F)C(F)(F)C(F)(F)F. The molecule has 0 atom stereocenters. The van der Waals surface area contributed by atoms with Gasteiger partial charge in [-0.1, -0.05) is 22.8 Å². The van der Waals surface area contributed by atoms with Crippen LogP contribution in [0.3, 0.4) is 0 Å². The Morgan fingerprint density at radius 2 is 0.875 bits per heavy atom. The zero-order valence-corrected chi connectivity index (χ0v) is 18.8. The molecule has 0 bridgehead atoms. The van der Waals surface area contributed by atoms with Crippen molar-refractivity contribution in [3.8, 4) is 0 Å². The average molecular weight is 637 g/mol. The van der Waals surface area contributed by atoms with Crippen LogP contribution < -0.4 is 0 Å². The Kier molecular flexibility index (Phi) is 13.1. The number of carbonyl (C=O) groups is 3. The molecule has 0 saturated heterocycles. The second-order valence-electron chi connectivity index (χ2n) is 6.60. The first-order valence-corrected chi connectivity index (χ1v) is 8.56. The number of amides is 1. The molecule has 0 aliphatic carbocycles. The molecule has 0 aromatic heterocycles. The van der Waals surface area contributed by atoms with E-state index in [4.69, 9.17) is 10.2 Å². The maximum atomic E-state index is 12.9. The van der Waals surface area contributed by atoms with Crippen molar-refractivity contribution in [3.63, 3.8) is 0 Å². The molecule has 2 N–H and O–H groups in total. The number of aliphatic carboxylic acids is 2. The maximum Gasteiger partial charge on any atom is 0.502 e. The van der Waals surface area contributed by atoms with Crippen LogP contribution >= 0.6 is 0 Å². The number of carboxylic acid groups (broad SMARTS) is 2. The van der Waals surface area contributed by atoms with Gasteiger partial charge in [-0.15, -0.1) is 0 Å². The average Bonchev–Trinajstić information content (AvgIpc) is 2.71. The van der Waals surface area contributed by atoms with Gasteiger partial charge < -0.3 is 14.9 Å². The zero-order valence-electron chi connectivity index (χ0n) is 18.8. The quantitative estimate of drug-likeness (QED) is 0.138. The molecule has 7 nitrogen and oxygen atoms in total. The van der Waals surface area contributed by atoms with Gasteiger partial charge in [0.1, 0.15) is 0 Å². The number of carboxylic acids is 2. The van der Waals surface area contributed by atoms with Gasteiger partial charge in [-0.2, -0.15) is 70.2 Å². The van der Waals surface area contributed by atoms with Crippen LogP contribution in [0.5, 0.6) is 0 Å². The lowest BCUT2D eigenvalue weighted by molar-refractivity contribution is -0.447. The van der Waals surface area contributed by atoms with Crippen molar-refractivity contribution >= 4 is 18.0 Å². The highest BCUT2D eigenvalue weighted by atomic mass is 19.4. The first-order chi connectivity index (χ1) is 17.1. The third kappa shape index (κ3) is 9.31. The molecule has 0 aliphatic heterocycles. The van der Waals surface area contributed by atoms with E-state index in [0.717, 1.165) is 0 Å². The minimum atomic E-state index is -8.25. The van der Waals surface area contributed by atoms with Crippen LogP contribution in [0.1, 0.15) is 13.8 Å². The lowest BCUT2D eigenvalue weighted by Gasteiger charge is -2.38. The predicted octanol–water partition coefficient (Wildman–Crippen LogP) is 6.82. The number of rotatable bonds is 7. The summed E-state index contributed by atoms with van der Waals surface area (Å²) in [4.78, 5) is 29.6. The van der Waals surface area contributed by atoms with Crippen LogP contribution in [-0.2, 0) is 14.3 Å². The molecule has 0 heterocycles. The summed E-state index contributed by atoms with van der Waals surface area (Å²) in [5.41, 5.74) is 0.352. The molecule has 0 rings (SSSR count). The molecule has 0 aromatic rings. The van der Waals surface area contributed by atoms with E-state index in [1.165, 1.54) is 13.8 Å². The fourth-order valence-electron chi connectivity index (χ4n) is 1.01. The van der Waals surface area contributed by atoms with E-state index >= 15 is 0 Å². The monoisotopic (exact) mass is 637 g/mol. The van der Waals surface area contributed by atoms with Gasteiger partial charge in [0.25, 0.3) is 0 Å². The molecule has 0 spiro atoms. The molecular weight excluding hydrogens is 625 g/mol. The highest BCUT2D eigenvalue weighted by molar-refractivity contribution is 5.85. The van der Waals surface area contributed by atoms with Crippen LogP contribution in [0.2, 0.25) is 0 Å². The molecule has 0 fully saturated rings. The summed E-state index contributed by atoms with van der Waals surface area (Å²) in [6, 6.07) is -7.84. The van der Waals surface area contributed by atoms with Crippen molar-refractivity contribution in [3.05, 3.63) is 24.3 Å². The number of ether oxygens (including phenoxy) is 1. The largest absolute Gasteiger partial charge is 0.502 e. The van der Waals surface area contributed by atoms with Crippen LogP contribution in [0, 0.1) is 0 Å². The number of hydrogen-bond donors (Lipinski definition) is 2. The Bertz CT molecular complexity index is 907. The smallest absolute Gasteiger partial charge is 0.478 e. The molecule has 0 saturated carbocycles. The predicted molar refractivity (Wildman–Crippen MR) is 91.2 cm³/mol. The number of carbonyl (C=O) groups excluding carboxylic acids is 1. The number of halogens is 17. The fourth-order valence-corrected chi connectivity index (χ4v) is 1.01. The molecule has 1 amide bonds. The molecule has 0 aromatic carbocycles. The first-order valence-electron chi connectivity index (χ1n) is 8.56. The lowest BCUT2D eigenvalue weighted by atomic mass is 10.0. The fraction of sp³-hybridized carbons (Fsp3) is 0.562. The van der Waals surface area contributed by atoms with Gasteiger partial charge in [0, 0.05) is 11.1 Å². The minimum Gasteiger partial charge on any atom is -0.478 e. The van der Waals surface area contributed by atoms with Gasteiger partial charge >= 0.3 is 60.3 Å². The van der Waals surface area contributed by atoms with E-state index in [-0.39, 0.29) is 11.1 Å². The highest BCUT2D eigenvalue weighted by Crippen LogP contribution is 2.58. The van der Waals surface area contributed by atoms with E-state index in [0.29, 0.717) is 0 Å². The third-order valence-corrected chi connectivity index (χ3v) is 3.21. The maximum absolute atomic E-state index is 12.9. The van der Waals surface area contributed by atoms with Crippen molar-refractivity contribution in [2.75, 3.05) is 0 Å². The summed E-state index contributed by atoms with van der Waals surface area (Å²) >= 11 is 0. The summed E-state index contributed by atoms with van der Waals surface area (Å²) in [5, 5.41) is 11.8. The van der Waals surface area contributed by atoms with Gasteiger partial charge in [-0.3, -0.25) is 0 Å². The Morgan fingerprint density at radius 1 is 0.600 bits per heavy atom. The van der Waals surface area contributed by atoms with E-state index in [2.05, 4.69) is 13.2 Å². The Balaban J connectivity index is -0.000000941. The number of hydrogen-bond acceptors (Lipinski definition) is 4. The second-order valence-corrected chi connectivity index (χ2v) is 6.60. The minimum absolute atomic E-state index is 0.176. The summed E-state index contributed by atoms with van der Waals surface area (Å²) in [7, 11) is 0. The summed E-state index contributed by atoms with van der Waals surface area (Å²) < 4.78 is 211. The van der Waals surface area contributed by atoms with Crippen molar-refractivity contribution in [2.45, 2.75) is 56.1 Å². The van der Waals surface area contributed by atoms with Crippen LogP contribution in [0.15, 0.2) is 24.3 Å². The number of alkyl halides is 16. The van der Waals surface area contributed by atoms with E-state index in [9.17, 15) is 89.1 Å². The van der Waals surface area contributed by atoms with Crippen molar-refractivity contribution < 1.29 is 104 Å². The molecule has 40 heavy (non-hydrogen) atoms. The molecule has 236 valence electrons. The molecular formula is C16H12F17NO6. The molecule has 24 heteroatoms. The van der Waals surface area contributed by atoms with Gasteiger partial charge in [0.2, 0.25) is 0 Å². The Labute approximate surface area is 209 Å². The third-order valence-electron chi connectivity index (χ3n) is 3.21. The van der Waals surface area contributed by atoms with Crippen molar-refractivity contribution in [1.29, 1.82) is 0 Å². The van der Waals surface area contributed by atoms with Crippen LogP contribution in [0.25, 0.3) is 0 Å². The topological polar surface area (TPSA) is 104 Å². The highest BCUT2D eigenvalue weighted by Gasteiger charge is 2.89. The number of nitrogens with zero attached hydrogens (tertiary/aromatic N) is 1. The summed E-state index contributed by atoms with van der Waals surface area (Å²) in [5.74, 6) is -26.4. The van der Waals surface area contributed by atoms with E-state index in [1.807, 2.05) is 0 Å². The van der Waals surface area contributed by atoms with Gasteiger partial charge in [-0.05, 0) is 13.8 Å². The first kappa shape index (κ1) is 41.0. The van der Waals surface area contributed by atoms with Gasteiger partial charge in [0.05, 0.1) is 0 Å². The van der Waals surface area contributed by atoms with E-state index in [1.54, 1.807) is 4.74 Å². The second kappa shape index (κ2) is 12.8. The van der Waals surface area contributed by atoms with Gasteiger partial charge in [-0.25, -0.2) is 14.4 Å². The summed E-state index contributed by atoms with van der Waals surface area (Å²) in [6.45, 7) is 9.20. The lowest BCUT2D eigenvalue weighted by Crippen LogP contribution is -2.69. The molecule has 0 aliphatic rings. The zero-order chi connectivity index (χ0) is 33.7. The Hall–Kier alpha value is -3.50. The standard InChI is InChI=1S/C8F17NO2.2C4H6O2/c9-2(10,3(11,12)5(15,16)17)4(13,14)7(21,22)26(25)1(27)28-8(23,24)6(18,19)20;2*1-3(2)4(5)6/h;2*1H2,2H3,(H,5,6). The molecule has 0 radical (unpaired) electrons. The van der Waals surface area contributed by atoms with Crippen molar-refractivity contribution in [2.24, 2.45) is 0 Å². The molecule has 0 unspecified atom stereocenters. The van der Waals surface area contributed by atoms with Crippen molar-refractivity contribution in [1.82, 2.24) is 5.12 Å². The van der Waals surface area contributed by atoms with Gasteiger partial charge in [0.15, 0.2) is 0 Å². The van der Waals surface area contributed by atoms with E-state index < -0.39 is 65.4 Å². The normalized spacial score (nSPS) is 13.1. The summed E-state index contributed by atoms with van der Waals surface area (Å²) in [6.07, 6.45) is -26.0. The van der Waals surface area contributed by atoms with Crippen LogP contribution in [-0.4, -0.2) is 75.6 Å².